The Morgan fingerprint density at radius 2 is 1.86 bits per heavy atom. The minimum absolute atomic E-state index is 0.127. The Balaban J connectivity index is 1.73. The van der Waals surface area contributed by atoms with E-state index in [4.69, 9.17) is 0 Å². The molecule has 0 saturated carbocycles. The largest absolute Gasteiger partial charge is 0.325 e. The van der Waals surface area contributed by atoms with Crippen LogP contribution in [0.2, 0.25) is 0 Å². The van der Waals surface area contributed by atoms with Crippen molar-refractivity contribution < 1.29 is 26.4 Å². The lowest BCUT2D eigenvalue weighted by atomic mass is 9.95. The summed E-state index contributed by atoms with van der Waals surface area (Å²) in [7, 11) is -1.81. The van der Waals surface area contributed by atoms with Crippen molar-refractivity contribution in [2.24, 2.45) is 0 Å². The van der Waals surface area contributed by atoms with Gasteiger partial charge in [-0.3, -0.25) is 0 Å². The fourth-order valence-corrected chi connectivity index (χ4v) is 5.32. The lowest BCUT2D eigenvalue weighted by Crippen LogP contribution is -2.56. The van der Waals surface area contributed by atoms with Gasteiger partial charge in [0.15, 0.2) is 0 Å². The van der Waals surface area contributed by atoms with Crippen molar-refractivity contribution in [1.82, 2.24) is 18.8 Å². The molecule has 0 aromatic heterocycles. The molecule has 190 valence electrons. The molecule has 0 spiro atoms. The fourth-order valence-electron chi connectivity index (χ4n) is 4.46. The summed E-state index contributed by atoms with van der Waals surface area (Å²) in [5.74, 6) is -4.13. The van der Waals surface area contributed by atoms with Gasteiger partial charge in [-0.05, 0) is 30.9 Å². The van der Waals surface area contributed by atoms with Gasteiger partial charge in [0.1, 0.15) is 11.9 Å². The Labute approximate surface area is 203 Å². The van der Waals surface area contributed by atoms with Crippen LogP contribution >= 0.6 is 0 Å². The molecule has 0 unspecified atom stereocenters. The summed E-state index contributed by atoms with van der Waals surface area (Å²) in [6.45, 7) is 1.82. The van der Waals surface area contributed by atoms with Crippen molar-refractivity contribution in [1.29, 1.82) is 0 Å². The van der Waals surface area contributed by atoms with E-state index in [1.807, 2.05) is 19.1 Å². The number of halogens is 3. The molecule has 4 rings (SSSR count). The zero-order valence-electron chi connectivity index (χ0n) is 19.8. The highest BCUT2D eigenvalue weighted by Gasteiger charge is 2.58. The second kappa shape index (κ2) is 9.44. The summed E-state index contributed by atoms with van der Waals surface area (Å²) in [5.41, 5.74) is 2.01. The molecule has 2 saturated heterocycles. The minimum Gasteiger partial charge on any atom is -0.325 e. The molecular formula is C24H29F3N4O3S. The van der Waals surface area contributed by atoms with Crippen molar-refractivity contribution in [3.63, 3.8) is 0 Å². The Hall–Kier alpha value is -2.63. The second-order valence-electron chi connectivity index (χ2n) is 9.31. The number of likely N-dealkylation sites (tertiary alicyclic amines) is 2. The summed E-state index contributed by atoms with van der Waals surface area (Å²) in [6.07, 6.45) is 0.492. The molecule has 1 N–H and O–H groups in total. The van der Waals surface area contributed by atoms with Crippen molar-refractivity contribution in [3.8, 4) is 11.1 Å². The topological polar surface area (TPSA) is 73.0 Å². The first-order valence-corrected chi connectivity index (χ1v) is 12.8. The highest BCUT2D eigenvalue weighted by molar-refractivity contribution is 7.87. The average Bonchev–Trinajstić information content (AvgIpc) is 2.98. The van der Waals surface area contributed by atoms with E-state index in [9.17, 15) is 13.2 Å². The van der Waals surface area contributed by atoms with Gasteiger partial charge < -0.3 is 9.80 Å². The predicted molar refractivity (Wildman–Crippen MR) is 127 cm³/mol. The van der Waals surface area contributed by atoms with Gasteiger partial charge in [-0.25, -0.2) is 18.0 Å². The number of hydrogen-bond donors (Lipinski definition) is 1. The van der Waals surface area contributed by atoms with Crippen molar-refractivity contribution in [2.45, 2.75) is 37.8 Å². The van der Waals surface area contributed by atoms with Gasteiger partial charge >= 0.3 is 6.03 Å². The van der Waals surface area contributed by atoms with E-state index in [0.717, 1.165) is 21.2 Å². The highest BCUT2D eigenvalue weighted by atomic mass is 32.2. The van der Waals surface area contributed by atoms with E-state index in [-0.39, 0.29) is 12.0 Å². The molecule has 0 aliphatic carbocycles. The Morgan fingerprint density at radius 1 is 1.17 bits per heavy atom. The van der Waals surface area contributed by atoms with E-state index in [0.29, 0.717) is 24.2 Å². The first-order chi connectivity index (χ1) is 16.4. The molecular weight excluding hydrogens is 481 g/mol. The van der Waals surface area contributed by atoms with Crippen LogP contribution in [-0.4, -0.2) is 80.3 Å². The smallest absolute Gasteiger partial charge is 0.320 e. The van der Waals surface area contributed by atoms with Gasteiger partial charge in [0.05, 0.1) is 12.6 Å². The SMILES string of the molecule is Cc1cccc(-c2cccc(C[C@H]3[C@@H](NS(=O)(=O)N(C)C)C(F)(F)CN3C(=O)N3CCC3)c2F)c1. The molecule has 2 heterocycles. The zero-order chi connectivity index (χ0) is 25.5. The van der Waals surface area contributed by atoms with Crippen molar-refractivity contribution >= 4 is 16.2 Å². The standard InChI is InChI=1S/C24H29F3N4O3S/c1-16-7-4-8-17(13-16)19-10-5-9-18(21(19)25)14-20-22(28-35(33,34)29(2)3)24(26,27)15-31(20)23(32)30-11-6-12-30/h4-5,7-10,13,20,22,28H,6,11-12,14-15H2,1-3H3/t20-,22+/m0/s1. The van der Waals surface area contributed by atoms with Crippen LogP contribution in [-0.2, 0) is 16.6 Å². The number of benzene rings is 2. The number of nitrogens with one attached hydrogen (secondary N) is 1. The molecule has 2 fully saturated rings. The van der Waals surface area contributed by atoms with Crippen LogP contribution in [0.4, 0.5) is 18.0 Å². The number of carbonyl (C=O) groups is 1. The van der Waals surface area contributed by atoms with Crippen LogP contribution in [0.1, 0.15) is 17.5 Å². The zero-order valence-corrected chi connectivity index (χ0v) is 20.7. The number of carbonyl (C=O) groups excluding carboxylic acids is 1. The molecule has 2 aromatic carbocycles. The molecule has 0 radical (unpaired) electrons. The van der Waals surface area contributed by atoms with E-state index < -0.39 is 46.6 Å². The van der Waals surface area contributed by atoms with Crippen LogP contribution < -0.4 is 4.72 Å². The average molecular weight is 511 g/mol. The normalized spacial score (nSPS) is 21.9. The molecule has 35 heavy (non-hydrogen) atoms. The number of nitrogens with zero attached hydrogens (tertiary/aromatic N) is 3. The van der Waals surface area contributed by atoms with Gasteiger partial charge in [0.2, 0.25) is 0 Å². The summed E-state index contributed by atoms with van der Waals surface area (Å²) < 4.78 is 73.8. The molecule has 2 aliphatic heterocycles. The van der Waals surface area contributed by atoms with Crippen LogP contribution in [0.15, 0.2) is 42.5 Å². The number of amides is 2. The number of urea groups is 1. The summed E-state index contributed by atoms with van der Waals surface area (Å²) in [6, 6.07) is 8.18. The third-order valence-electron chi connectivity index (χ3n) is 6.59. The number of aryl methyl sites for hydroxylation is 1. The van der Waals surface area contributed by atoms with Gasteiger partial charge in [0.25, 0.3) is 16.1 Å². The van der Waals surface area contributed by atoms with Gasteiger partial charge in [-0.1, -0.05) is 48.0 Å². The monoisotopic (exact) mass is 510 g/mol. The van der Waals surface area contributed by atoms with E-state index in [1.54, 1.807) is 24.3 Å². The van der Waals surface area contributed by atoms with Crippen molar-refractivity contribution in [2.75, 3.05) is 33.7 Å². The quantitative estimate of drug-likeness (QED) is 0.649. The minimum atomic E-state index is -4.25. The highest BCUT2D eigenvalue weighted by Crippen LogP contribution is 2.37. The number of alkyl halides is 2. The fraction of sp³-hybridized carbons (Fsp3) is 0.458. The Morgan fingerprint density at radius 3 is 2.46 bits per heavy atom. The molecule has 2 aromatic rings. The number of hydrogen-bond acceptors (Lipinski definition) is 3. The predicted octanol–water partition coefficient (Wildman–Crippen LogP) is 3.25. The summed E-state index contributed by atoms with van der Waals surface area (Å²) in [5, 5.41) is 0. The van der Waals surface area contributed by atoms with Crippen LogP contribution in [0, 0.1) is 12.7 Å². The third-order valence-corrected chi connectivity index (χ3v) is 8.10. The third kappa shape index (κ3) is 5.03. The van der Waals surface area contributed by atoms with Crippen molar-refractivity contribution in [3.05, 3.63) is 59.4 Å². The maximum atomic E-state index is 15.6. The molecule has 11 heteroatoms. The van der Waals surface area contributed by atoms with Crippen LogP contribution in [0.5, 0.6) is 0 Å². The Kier molecular flexibility index (Phi) is 6.87. The second-order valence-corrected chi connectivity index (χ2v) is 11.2. The van der Waals surface area contributed by atoms with Gasteiger partial charge in [-0.15, -0.1) is 0 Å². The molecule has 7 nitrogen and oxygen atoms in total. The van der Waals surface area contributed by atoms with Crippen LogP contribution in [0.25, 0.3) is 11.1 Å². The van der Waals surface area contributed by atoms with E-state index in [1.165, 1.54) is 25.1 Å². The van der Waals surface area contributed by atoms with Crippen LogP contribution in [0.3, 0.4) is 0 Å². The van der Waals surface area contributed by atoms with Gasteiger partial charge in [-0.2, -0.15) is 17.4 Å². The maximum Gasteiger partial charge on any atom is 0.320 e. The Bertz CT molecular complexity index is 1220. The van der Waals surface area contributed by atoms with Gasteiger partial charge in [0, 0.05) is 32.7 Å². The maximum absolute atomic E-state index is 15.6. The number of rotatable bonds is 6. The lowest BCUT2D eigenvalue weighted by Gasteiger charge is -2.37. The first-order valence-electron chi connectivity index (χ1n) is 11.4. The van der Waals surface area contributed by atoms with E-state index in [2.05, 4.69) is 4.72 Å². The lowest BCUT2D eigenvalue weighted by molar-refractivity contribution is -0.00591. The summed E-state index contributed by atoms with van der Waals surface area (Å²) >= 11 is 0. The summed E-state index contributed by atoms with van der Waals surface area (Å²) in [4.78, 5) is 15.4. The molecule has 2 amide bonds. The van der Waals surface area contributed by atoms with E-state index >= 15 is 13.2 Å². The molecule has 2 aliphatic rings. The first kappa shape index (κ1) is 25.5. The molecule has 2 atom stereocenters. The molecule has 0 bridgehead atoms.